The molecule has 0 unspecified atom stereocenters. The largest absolute Gasteiger partial charge is 0.336 e. The molecule has 142 valence electrons. The summed E-state index contributed by atoms with van der Waals surface area (Å²) in [5.41, 5.74) is 1.41. The minimum absolute atomic E-state index is 0.0886. The lowest BCUT2D eigenvalue weighted by Crippen LogP contribution is -2.48. The number of rotatable bonds is 6. The van der Waals surface area contributed by atoms with Crippen molar-refractivity contribution in [2.24, 2.45) is 0 Å². The summed E-state index contributed by atoms with van der Waals surface area (Å²) in [5.74, 6) is -2.83. The van der Waals surface area contributed by atoms with Gasteiger partial charge in [-0.3, -0.25) is 9.69 Å². The van der Waals surface area contributed by atoms with Gasteiger partial charge in [0.2, 0.25) is 0 Å². The number of hydrogen-bond donors (Lipinski definition) is 0. The highest BCUT2D eigenvalue weighted by Gasteiger charge is 2.24. The van der Waals surface area contributed by atoms with E-state index in [1.54, 1.807) is 17.0 Å². The molecule has 3 rings (SSSR count). The van der Waals surface area contributed by atoms with E-state index in [2.05, 4.69) is 34.2 Å². The van der Waals surface area contributed by atoms with Gasteiger partial charge in [-0.25, -0.2) is 4.98 Å². The summed E-state index contributed by atoms with van der Waals surface area (Å²) in [5, 5.41) is 0.0886. The van der Waals surface area contributed by atoms with Crippen LogP contribution in [0.15, 0.2) is 59.8 Å². The van der Waals surface area contributed by atoms with Crippen molar-refractivity contribution in [2.45, 2.75) is 10.8 Å². The van der Waals surface area contributed by atoms with Crippen LogP contribution in [0.3, 0.4) is 0 Å². The van der Waals surface area contributed by atoms with Crippen molar-refractivity contribution in [2.75, 3.05) is 32.7 Å². The number of alkyl halides is 2. The molecule has 1 fully saturated rings. The first-order chi connectivity index (χ1) is 13.1. The van der Waals surface area contributed by atoms with Crippen molar-refractivity contribution in [3.8, 4) is 0 Å². The molecule has 0 bridgehead atoms. The Kier molecular flexibility index (Phi) is 6.95. The quantitative estimate of drug-likeness (QED) is 0.703. The smallest absolute Gasteiger partial charge is 0.290 e. The first-order valence-corrected chi connectivity index (χ1v) is 9.64. The van der Waals surface area contributed by atoms with Gasteiger partial charge in [-0.05, 0) is 29.5 Å². The Bertz CT molecular complexity index is 778. The summed E-state index contributed by atoms with van der Waals surface area (Å²) in [6.45, 7) is 3.47. The van der Waals surface area contributed by atoms with Gasteiger partial charge in [0.15, 0.2) is 0 Å². The lowest BCUT2D eigenvalue weighted by Gasteiger charge is -2.34. The summed E-state index contributed by atoms with van der Waals surface area (Å²) in [4.78, 5) is 20.6. The van der Waals surface area contributed by atoms with E-state index in [1.807, 2.05) is 18.2 Å². The van der Waals surface area contributed by atoms with E-state index in [9.17, 15) is 13.6 Å². The van der Waals surface area contributed by atoms with Crippen molar-refractivity contribution in [3.05, 3.63) is 65.9 Å². The lowest BCUT2D eigenvalue weighted by molar-refractivity contribution is 0.0646. The van der Waals surface area contributed by atoms with Crippen molar-refractivity contribution in [3.63, 3.8) is 0 Å². The van der Waals surface area contributed by atoms with Crippen molar-refractivity contribution >= 4 is 23.7 Å². The van der Waals surface area contributed by atoms with E-state index >= 15 is 0 Å². The Morgan fingerprint density at radius 2 is 1.85 bits per heavy atom. The maximum Gasteiger partial charge on any atom is 0.290 e. The molecular formula is C20H21F2N3OS. The zero-order chi connectivity index (χ0) is 19.1. The number of carbonyl (C=O) groups is 1. The molecular weight excluding hydrogens is 368 g/mol. The predicted molar refractivity (Wildman–Crippen MR) is 104 cm³/mol. The first kappa shape index (κ1) is 19.5. The number of amides is 1. The van der Waals surface area contributed by atoms with Crippen LogP contribution in [0.4, 0.5) is 8.78 Å². The number of aromatic nitrogens is 1. The fourth-order valence-corrected chi connectivity index (χ4v) is 3.51. The van der Waals surface area contributed by atoms with Crippen LogP contribution < -0.4 is 0 Å². The first-order valence-electron chi connectivity index (χ1n) is 8.76. The molecule has 1 aliphatic heterocycles. The van der Waals surface area contributed by atoms with E-state index in [-0.39, 0.29) is 16.5 Å². The molecule has 0 N–H and O–H groups in total. The topological polar surface area (TPSA) is 36.4 Å². The van der Waals surface area contributed by atoms with Crippen LogP contribution in [0.25, 0.3) is 6.08 Å². The van der Waals surface area contributed by atoms with Crippen LogP contribution in [-0.2, 0) is 0 Å². The highest BCUT2D eigenvalue weighted by atomic mass is 32.2. The van der Waals surface area contributed by atoms with Gasteiger partial charge in [-0.2, -0.15) is 8.78 Å². The Morgan fingerprint density at radius 3 is 2.56 bits per heavy atom. The summed E-state index contributed by atoms with van der Waals surface area (Å²) in [6.07, 6.45) is 5.63. The third-order valence-corrected chi connectivity index (χ3v) is 5.06. The second-order valence-electron chi connectivity index (χ2n) is 6.14. The Hall–Kier alpha value is -2.25. The Labute approximate surface area is 161 Å². The fourth-order valence-electron chi connectivity index (χ4n) is 2.94. The molecule has 1 aromatic heterocycles. The van der Waals surface area contributed by atoms with Gasteiger partial charge in [-0.1, -0.05) is 42.5 Å². The van der Waals surface area contributed by atoms with Gasteiger partial charge >= 0.3 is 0 Å². The molecule has 0 spiro atoms. The Balaban J connectivity index is 1.53. The maximum absolute atomic E-state index is 12.7. The van der Waals surface area contributed by atoms with Crippen LogP contribution >= 0.6 is 11.8 Å². The van der Waals surface area contributed by atoms with Gasteiger partial charge in [0.1, 0.15) is 5.03 Å². The van der Waals surface area contributed by atoms with Crippen molar-refractivity contribution < 1.29 is 13.6 Å². The van der Waals surface area contributed by atoms with Crippen LogP contribution in [0, 0.1) is 0 Å². The van der Waals surface area contributed by atoms with E-state index in [0.29, 0.717) is 24.9 Å². The average molecular weight is 389 g/mol. The second kappa shape index (κ2) is 9.62. The van der Waals surface area contributed by atoms with Gasteiger partial charge < -0.3 is 4.90 Å². The molecule has 2 heterocycles. The van der Waals surface area contributed by atoms with Crippen LogP contribution in [0.5, 0.6) is 0 Å². The number of halogens is 2. The zero-order valence-corrected chi connectivity index (χ0v) is 15.6. The average Bonchev–Trinajstić information content (AvgIpc) is 2.69. The van der Waals surface area contributed by atoms with Crippen LogP contribution in [0.2, 0.25) is 0 Å². The molecule has 4 nitrogen and oxygen atoms in total. The van der Waals surface area contributed by atoms with E-state index in [1.165, 1.54) is 6.20 Å². The number of hydrogen-bond acceptors (Lipinski definition) is 4. The van der Waals surface area contributed by atoms with Gasteiger partial charge in [0, 0.05) is 38.9 Å². The molecule has 0 radical (unpaired) electrons. The normalized spacial score (nSPS) is 15.6. The number of thioether (sulfide) groups is 1. The minimum Gasteiger partial charge on any atom is -0.336 e. The molecule has 1 saturated heterocycles. The lowest BCUT2D eigenvalue weighted by atomic mass is 10.2. The zero-order valence-electron chi connectivity index (χ0n) is 14.8. The molecule has 1 aromatic carbocycles. The van der Waals surface area contributed by atoms with Gasteiger partial charge in [0.05, 0.1) is 5.56 Å². The standard InChI is InChI=1S/C20H21F2N3OS/c21-20(22)27-18-17(9-4-10-23-18)19(26)25-14-12-24(13-15-25)11-5-8-16-6-2-1-3-7-16/h1-10,20H,11-15H2/b8-5+. The second-order valence-corrected chi connectivity index (χ2v) is 7.12. The molecule has 27 heavy (non-hydrogen) atoms. The Morgan fingerprint density at radius 1 is 1.11 bits per heavy atom. The molecule has 2 aromatic rings. The summed E-state index contributed by atoms with van der Waals surface area (Å²) < 4.78 is 25.4. The predicted octanol–water partition coefficient (Wildman–Crippen LogP) is 3.87. The summed E-state index contributed by atoms with van der Waals surface area (Å²) >= 11 is 0.315. The minimum atomic E-state index is -2.60. The number of pyridine rings is 1. The third kappa shape index (κ3) is 5.61. The molecule has 0 aliphatic carbocycles. The highest BCUT2D eigenvalue weighted by Crippen LogP contribution is 2.27. The molecule has 0 saturated carbocycles. The van der Waals surface area contributed by atoms with E-state index in [4.69, 9.17) is 0 Å². The highest BCUT2D eigenvalue weighted by molar-refractivity contribution is 7.99. The third-order valence-electron chi connectivity index (χ3n) is 4.34. The fraction of sp³-hybridized carbons (Fsp3) is 0.300. The number of carbonyl (C=O) groups excluding carboxylic acids is 1. The van der Waals surface area contributed by atoms with Crippen molar-refractivity contribution in [1.82, 2.24) is 14.8 Å². The number of nitrogens with zero attached hydrogens (tertiary/aromatic N) is 3. The van der Waals surface area contributed by atoms with Gasteiger partial charge in [-0.15, -0.1) is 0 Å². The molecule has 1 amide bonds. The summed E-state index contributed by atoms with van der Waals surface area (Å²) in [7, 11) is 0. The van der Waals surface area contributed by atoms with E-state index < -0.39 is 5.76 Å². The van der Waals surface area contributed by atoms with Crippen LogP contribution in [-0.4, -0.2) is 59.2 Å². The SMILES string of the molecule is O=C(c1cccnc1SC(F)F)N1CCN(C/C=C/c2ccccc2)CC1. The molecule has 7 heteroatoms. The van der Waals surface area contributed by atoms with Crippen molar-refractivity contribution in [1.29, 1.82) is 0 Å². The molecule has 0 atom stereocenters. The van der Waals surface area contributed by atoms with Crippen LogP contribution in [0.1, 0.15) is 15.9 Å². The summed E-state index contributed by atoms with van der Waals surface area (Å²) in [6, 6.07) is 13.3. The maximum atomic E-state index is 12.7. The number of benzene rings is 1. The monoisotopic (exact) mass is 389 g/mol. The van der Waals surface area contributed by atoms with Gasteiger partial charge in [0.25, 0.3) is 11.7 Å². The van der Waals surface area contributed by atoms with E-state index in [0.717, 1.165) is 25.2 Å². The number of piperazine rings is 1. The molecule has 1 aliphatic rings.